The molecule has 0 unspecified atom stereocenters. The van der Waals surface area contributed by atoms with Gasteiger partial charge in [0.15, 0.2) is 5.79 Å². The zero-order valence-electron chi connectivity index (χ0n) is 20.9. The molecule has 1 spiro atoms. The van der Waals surface area contributed by atoms with Crippen LogP contribution in [0.15, 0.2) is 54.6 Å². The van der Waals surface area contributed by atoms with Gasteiger partial charge < -0.3 is 23.7 Å². The molecule has 34 heavy (non-hydrogen) atoms. The minimum atomic E-state index is -0.475. The van der Waals surface area contributed by atoms with Crippen LogP contribution in [0.3, 0.4) is 0 Å². The Morgan fingerprint density at radius 3 is 2.12 bits per heavy atom. The predicted octanol–water partition coefficient (Wildman–Crippen LogP) is 6.15. The van der Waals surface area contributed by atoms with E-state index in [1.54, 1.807) is 7.11 Å². The Bertz CT molecular complexity index is 851. The minimum absolute atomic E-state index is 0.0513. The molecule has 2 aromatic rings. The van der Waals surface area contributed by atoms with E-state index in [4.69, 9.17) is 23.7 Å². The summed E-state index contributed by atoms with van der Waals surface area (Å²) >= 11 is 0. The van der Waals surface area contributed by atoms with E-state index in [-0.39, 0.29) is 12.2 Å². The summed E-state index contributed by atoms with van der Waals surface area (Å²) in [5.74, 6) is 1.35. The van der Waals surface area contributed by atoms with E-state index in [9.17, 15) is 0 Å². The highest BCUT2D eigenvalue weighted by molar-refractivity contribution is 5.26. The van der Waals surface area contributed by atoms with Gasteiger partial charge in [-0.3, -0.25) is 0 Å². The Balaban J connectivity index is 1.25. The van der Waals surface area contributed by atoms with Gasteiger partial charge in [0, 0.05) is 19.4 Å². The lowest BCUT2D eigenvalue weighted by molar-refractivity contribution is -0.336. The molecule has 2 fully saturated rings. The van der Waals surface area contributed by atoms with Gasteiger partial charge in [0.2, 0.25) is 0 Å². The van der Waals surface area contributed by atoms with Crippen molar-refractivity contribution in [2.75, 3.05) is 20.3 Å². The summed E-state index contributed by atoms with van der Waals surface area (Å²) in [7, 11) is 1.68. The first-order valence-corrected chi connectivity index (χ1v) is 12.7. The van der Waals surface area contributed by atoms with Crippen molar-refractivity contribution in [2.45, 2.75) is 77.2 Å². The molecule has 0 radical (unpaired) electrons. The highest BCUT2D eigenvalue weighted by atomic mass is 16.7. The third kappa shape index (κ3) is 6.82. The quantitative estimate of drug-likeness (QED) is 0.392. The summed E-state index contributed by atoms with van der Waals surface area (Å²) < 4.78 is 30.6. The van der Waals surface area contributed by atoms with Crippen molar-refractivity contribution in [1.82, 2.24) is 0 Å². The van der Waals surface area contributed by atoms with E-state index in [0.29, 0.717) is 38.3 Å². The van der Waals surface area contributed by atoms with Crippen molar-refractivity contribution in [3.63, 3.8) is 0 Å². The zero-order valence-corrected chi connectivity index (χ0v) is 20.9. The molecule has 186 valence electrons. The summed E-state index contributed by atoms with van der Waals surface area (Å²) in [4.78, 5) is 0. The molecule has 2 aliphatic heterocycles. The van der Waals surface area contributed by atoms with E-state index in [1.807, 2.05) is 42.5 Å². The summed E-state index contributed by atoms with van der Waals surface area (Å²) in [6.07, 6.45) is 5.25. The molecule has 5 atom stereocenters. The van der Waals surface area contributed by atoms with Crippen LogP contribution in [-0.4, -0.2) is 38.3 Å². The molecule has 0 amide bonds. The Kier molecular flexibility index (Phi) is 9.01. The van der Waals surface area contributed by atoms with Gasteiger partial charge in [-0.1, -0.05) is 56.3 Å². The standard InChI is InChI=1S/C29H40O5/c1-22-13-16-29(33-27(22)15-18-31-19-24-7-5-4-6-8-24)17-14-23(2)28(34-29)21-32-20-25-9-11-26(30-3)12-10-25/h4-12,22-23,27-28H,13-21H2,1-3H3/t22-,23-,27+,28-,29-/m0/s1. The number of rotatable bonds is 10. The monoisotopic (exact) mass is 468 g/mol. The van der Waals surface area contributed by atoms with Gasteiger partial charge in [-0.2, -0.15) is 0 Å². The van der Waals surface area contributed by atoms with E-state index in [1.165, 1.54) is 5.56 Å². The maximum absolute atomic E-state index is 6.68. The fourth-order valence-electron chi connectivity index (χ4n) is 4.96. The average Bonchev–Trinajstić information content (AvgIpc) is 2.87. The third-order valence-corrected chi connectivity index (χ3v) is 7.33. The molecule has 0 aliphatic carbocycles. The topological polar surface area (TPSA) is 46.2 Å². The SMILES string of the molecule is COc1ccc(COC[C@@H]2O[C@]3(CC[C@@H]2C)CC[C@H](C)[C@@H](CCOCc2ccccc2)O3)cc1. The van der Waals surface area contributed by atoms with E-state index in [0.717, 1.165) is 43.4 Å². The smallest absolute Gasteiger partial charge is 0.169 e. The molecule has 2 aliphatic rings. The number of ether oxygens (including phenoxy) is 5. The van der Waals surface area contributed by atoms with Crippen LogP contribution in [0.1, 0.15) is 57.1 Å². The Morgan fingerprint density at radius 1 is 0.794 bits per heavy atom. The van der Waals surface area contributed by atoms with Crippen molar-refractivity contribution in [3.05, 3.63) is 65.7 Å². The number of methoxy groups -OCH3 is 1. The largest absolute Gasteiger partial charge is 0.497 e. The summed E-state index contributed by atoms with van der Waals surface area (Å²) in [6.45, 7) is 7.05. The van der Waals surface area contributed by atoms with E-state index >= 15 is 0 Å². The Labute approximate surface area is 204 Å². The van der Waals surface area contributed by atoms with Crippen LogP contribution >= 0.6 is 0 Å². The summed E-state index contributed by atoms with van der Waals surface area (Å²) in [5.41, 5.74) is 2.34. The fourth-order valence-corrected chi connectivity index (χ4v) is 4.96. The van der Waals surface area contributed by atoms with Crippen LogP contribution in [0.25, 0.3) is 0 Å². The second-order valence-electron chi connectivity index (χ2n) is 9.95. The first-order valence-electron chi connectivity index (χ1n) is 12.7. The molecule has 2 heterocycles. The second kappa shape index (κ2) is 12.2. The second-order valence-corrected chi connectivity index (χ2v) is 9.95. The minimum Gasteiger partial charge on any atom is -0.497 e. The molecule has 5 nitrogen and oxygen atoms in total. The van der Waals surface area contributed by atoms with Gasteiger partial charge in [-0.25, -0.2) is 0 Å². The molecule has 0 bridgehead atoms. The van der Waals surface area contributed by atoms with Gasteiger partial charge in [-0.05, 0) is 54.4 Å². The number of hydrogen-bond donors (Lipinski definition) is 0. The molecular weight excluding hydrogens is 428 g/mol. The normalized spacial score (nSPS) is 29.3. The van der Waals surface area contributed by atoms with Crippen molar-refractivity contribution >= 4 is 0 Å². The predicted molar refractivity (Wildman–Crippen MR) is 133 cm³/mol. The van der Waals surface area contributed by atoms with Crippen LogP contribution in [0.4, 0.5) is 0 Å². The van der Waals surface area contributed by atoms with Gasteiger partial charge in [0.05, 0.1) is 39.1 Å². The number of benzene rings is 2. The molecule has 0 aromatic heterocycles. The van der Waals surface area contributed by atoms with Crippen LogP contribution < -0.4 is 4.74 Å². The van der Waals surface area contributed by atoms with Crippen molar-refractivity contribution < 1.29 is 23.7 Å². The number of hydrogen-bond acceptors (Lipinski definition) is 5. The highest BCUT2D eigenvalue weighted by Gasteiger charge is 2.46. The van der Waals surface area contributed by atoms with E-state index in [2.05, 4.69) is 26.0 Å². The van der Waals surface area contributed by atoms with Gasteiger partial charge in [0.25, 0.3) is 0 Å². The van der Waals surface area contributed by atoms with Crippen LogP contribution in [0.5, 0.6) is 5.75 Å². The summed E-state index contributed by atoms with van der Waals surface area (Å²) in [5, 5.41) is 0. The highest BCUT2D eigenvalue weighted by Crippen LogP contribution is 2.43. The van der Waals surface area contributed by atoms with Gasteiger partial charge >= 0.3 is 0 Å². The first kappa shape index (κ1) is 25.2. The van der Waals surface area contributed by atoms with Crippen LogP contribution in [0, 0.1) is 11.8 Å². The molecule has 0 N–H and O–H groups in total. The maximum Gasteiger partial charge on any atom is 0.169 e. The third-order valence-electron chi connectivity index (χ3n) is 7.33. The average molecular weight is 469 g/mol. The first-order chi connectivity index (χ1) is 16.6. The lowest BCUT2D eigenvalue weighted by atomic mass is 9.84. The molecule has 4 rings (SSSR count). The van der Waals surface area contributed by atoms with Crippen molar-refractivity contribution in [3.8, 4) is 5.75 Å². The Hall–Kier alpha value is -1.92. The van der Waals surface area contributed by atoms with Crippen LogP contribution in [0.2, 0.25) is 0 Å². The Morgan fingerprint density at radius 2 is 1.41 bits per heavy atom. The lowest BCUT2D eigenvalue weighted by Crippen LogP contribution is -2.53. The lowest BCUT2D eigenvalue weighted by Gasteiger charge is -2.49. The molecule has 5 heteroatoms. The van der Waals surface area contributed by atoms with Gasteiger partial charge in [-0.15, -0.1) is 0 Å². The molecule has 2 saturated heterocycles. The molecule has 2 aromatic carbocycles. The van der Waals surface area contributed by atoms with E-state index < -0.39 is 5.79 Å². The molecule has 0 saturated carbocycles. The maximum atomic E-state index is 6.68. The van der Waals surface area contributed by atoms with Crippen molar-refractivity contribution in [2.24, 2.45) is 11.8 Å². The molecular formula is C29H40O5. The van der Waals surface area contributed by atoms with Gasteiger partial charge in [0.1, 0.15) is 5.75 Å². The van der Waals surface area contributed by atoms with Crippen molar-refractivity contribution in [1.29, 1.82) is 0 Å². The summed E-state index contributed by atoms with van der Waals surface area (Å²) in [6, 6.07) is 18.3. The fraction of sp³-hybridized carbons (Fsp3) is 0.586. The zero-order chi connectivity index (χ0) is 23.8. The van der Waals surface area contributed by atoms with Crippen LogP contribution in [-0.2, 0) is 32.2 Å².